The molecule has 4 rings (SSSR count). The van der Waals surface area contributed by atoms with Crippen molar-refractivity contribution in [3.05, 3.63) is 66.1 Å². The molecule has 1 saturated heterocycles. The first-order valence-corrected chi connectivity index (χ1v) is 9.94. The van der Waals surface area contributed by atoms with Crippen LogP contribution in [-0.2, 0) is 5.75 Å². The van der Waals surface area contributed by atoms with Crippen molar-refractivity contribution in [2.75, 3.05) is 13.1 Å². The van der Waals surface area contributed by atoms with E-state index in [9.17, 15) is 4.79 Å². The topological polar surface area (TPSA) is 58.4 Å². The summed E-state index contributed by atoms with van der Waals surface area (Å²) in [7, 11) is 0. The third kappa shape index (κ3) is 5.41. The fourth-order valence-electron chi connectivity index (χ4n) is 3.23. The summed E-state index contributed by atoms with van der Waals surface area (Å²) in [6, 6.07) is 14.2. The van der Waals surface area contributed by atoms with E-state index in [0.29, 0.717) is 12.6 Å². The predicted molar refractivity (Wildman–Crippen MR) is 119 cm³/mol. The molecule has 0 radical (unpaired) electrons. The number of hydrogen-bond donors (Lipinski definition) is 2. The van der Waals surface area contributed by atoms with E-state index in [2.05, 4.69) is 15.6 Å². The van der Waals surface area contributed by atoms with E-state index >= 15 is 0 Å². The molecule has 0 aliphatic carbocycles. The third-order valence-electron chi connectivity index (χ3n) is 4.59. The van der Waals surface area contributed by atoms with E-state index in [1.54, 1.807) is 11.8 Å². The zero-order valence-corrected chi connectivity index (χ0v) is 17.8. The molecule has 1 atom stereocenters. The summed E-state index contributed by atoms with van der Waals surface area (Å²) in [6.07, 6.45) is 6.35. The van der Waals surface area contributed by atoms with E-state index in [0.717, 1.165) is 40.5 Å². The van der Waals surface area contributed by atoms with E-state index < -0.39 is 0 Å². The van der Waals surface area contributed by atoms with Crippen molar-refractivity contribution in [3.8, 4) is 0 Å². The molecule has 0 saturated carbocycles. The second kappa shape index (κ2) is 10.7. The zero-order chi connectivity index (χ0) is 17.8. The first-order valence-electron chi connectivity index (χ1n) is 8.95. The molecule has 1 unspecified atom stereocenters. The highest BCUT2D eigenvalue weighted by Gasteiger charge is 2.17. The highest BCUT2D eigenvalue weighted by Crippen LogP contribution is 2.26. The maximum absolute atomic E-state index is 12.6. The molecule has 28 heavy (non-hydrogen) atoms. The van der Waals surface area contributed by atoms with Crippen LogP contribution in [0.15, 0.2) is 59.8 Å². The number of aromatic nitrogens is 2. The second-order valence-electron chi connectivity index (χ2n) is 6.49. The molecule has 1 aromatic carbocycles. The number of amides is 1. The zero-order valence-electron chi connectivity index (χ0n) is 15.3. The Balaban J connectivity index is 0.00000140. The van der Waals surface area contributed by atoms with Gasteiger partial charge in [0.2, 0.25) is 0 Å². The van der Waals surface area contributed by atoms with Crippen LogP contribution in [0.5, 0.6) is 0 Å². The molecule has 1 amide bonds. The summed E-state index contributed by atoms with van der Waals surface area (Å²) in [5, 5.41) is 6.47. The van der Waals surface area contributed by atoms with Gasteiger partial charge in [-0.2, -0.15) is 0 Å². The maximum Gasteiger partial charge on any atom is 0.252 e. The molecule has 3 aromatic rings. The fraction of sp³-hybridized carbons (Fsp3) is 0.300. The van der Waals surface area contributed by atoms with Gasteiger partial charge in [0.25, 0.3) is 5.91 Å². The number of rotatable bonds is 6. The number of pyridine rings is 1. The molecule has 1 fully saturated rings. The number of nitrogens with one attached hydrogen (secondary N) is 2. The van der Waals surface area contributed by atoms with Crippen molar-refractivity contribution in [3.63, 3.8) is 0 Å². The summed E-state index contributed by atoms with van der Waals surface area (Å²) < 4.78 is 2.02. The Labute approximate surface area is 181 Å². The van der Waals surface area contributed by atoms with E-state index in [-0.39, 0.29) is 30.7 Å². The minimum atomic E-state index is -0.00296. The van der Waals surface area contributed by atoms with Gasteiger partial charge < -0.3 is 15.0 Å². The predicted octanol–water partition coefficient (Wildman–Crippen LogP) is 3.95. The van der Waals surface area contributed by atoms with Crippen LogP contribution >= 0.6 is 36.6 Å². The molecule has 150 valence electrons. The highest BCUT2D eigenvalue weighted by molar-refractivity contribution is 7.98. The van der Waals surface area contributed by atoms with Gasteiger partial charge in [-0.05, 0) is 43.7 Å². The monoisotopic (exact) mass is 438 g/mol. The van der Waals surface area contributed by atoms with Gasteiger partial charge >= 0.3 is 0 Å². The lowest BCUT2D eigenvalue weighted by atomic mass is 10.2. The normalized spacial score (nSPS) is 15.6. The average Bonchev–Trinajstić information content (AvgIpc) is 3.33. The number of carbonyl (C=O) groups excluding carboxylic acids is 1. The van der Waals surface area contributed by atoms with E-state index in [1.807, 2.05) is 59.3 Å². The fourth-order valence-corrected chi connectivity index (χ4v) is 4.16. The number of fused-ring (bicyclic) bond motifs is 1. The summed E-state index contributed by atoms with van der Waals surface area (Å²) in [6.45, 7) is 1.73. The third-order valence-corrected chi connectivity index (χ3v) is 5.70. The number of carbonyl (C=O) groups is 1. The molecule has 3 heterocycles. The molecule has 1 aliphatic heterocycles. The van der Waals surface area contributed by atoms with E-state index in [4.69, 9.17) is 0 Å². The van der Waals surface area contributed by atoms with Crippen molar-refractivity contribution in [2.24, 2.45) is 0 Å². The smallest absolute Gasteiger partial charge is 0.252 e. The molecule has 0 spiro atoms. The minimum Gasteiger partial charge on any atom is -0.350 e. The quantitative estimate of drug-likeness (QED) is 0.571. The molecular formula is C20H24Cl2N4OS. The largest absolute Gasteiger partial charge is 0.350 e. The van der Waals surface area contributed by atoms with Gasteiger partial charge in [0.1, 0.15) is 5.65 Å². The second-order valence-corrected chi connectivity index (χ2v) is 7.50. The van der Waals surface area contributed by atoms with Gasteiger partial charge in [-0.25, -0.2) is 4.98 Å². The van der Waals surface area contributed by atoms with E-state index in [1.165, 1.54) is 6.42 Å². The number of thioether (sulfide) groups is 1. The average molecular weight is 439 g/mol. The standard InChI is InChI=1S/C20H22N4OS.2ClH/c25-20(22-12-15-6-5-10-21-15)17-7-1-2-8-18(17)26-14-16-13-24-11-4-3-9-19(24)23-16;;/h1-4,7-9,11,13,15,21H,5-6,10,12,14H2,(H,22,25);2*1H. The van der Waals surface area contributed by atoms with Crippen LogP contribution < -0.4 is 10.6 Å². The molecule has 2 aromatic heterocycles. The summed E-state index contributed by atoms with van der Waals surface area (Å²) in [5.41, 5.74) is 2.68. The molecule has 5 nitrogen and oxygen atoms in total. The van der Waals surface area contributed by atoms with Gasteiger partial charge in [0, 0.05) is 35.6 Å². The van der Waals surface area contributed by atoms with Crippen LogP contribution in [0.3, 0.4) is 0 Å². The van der Waals surface area contributed by atoms with Crippen molar-refractivity contribution < 1.29 is 4.79 Å². The number of halogens is 2. The van der Waals surface area contributed by atoms with Gasteiger partial charge in [0.15, 0.2) is 0 Å². The molecule has 0 bridgehead atoms. The Kier molecular flexibility index (Phi) is 8.63. The van der Waals surface area contributed by atoms with Gasteiger partial charge in [0.05, 0.1) is 11.3 Å². The first kappa shape index (κ1) is 22.6. The maximum atomic E-state index is 12.6. The molecule has 1 aliphatic rings. The molecular weight excluding hydrogens is 415 g/mol. The van der Waals surface area contributed by atoms with Crippen molar-refractivity contribution >= 4 is 48.1 Å². The summed E-state index contributed by atoms with van der Waals surface area (Å²) >= 11 is 1.65. The van der Waals surface area contributed by atoms with Gasteiger partial charge in [-0.15, -0.1) is 36.6 Å². The van der Waals surface area contributed by atoms with Crippen LogP contribution in [0, 0.1) is 0 Å². The molecule has 2 N–H and O–H groups in total. The first-order chi connectivity index (χ1) is 12.8. The summed E-state index contributed by atoms with van der Waals surface area (Å²) in [5.74, 6) is 0.729. The number of hydrogen-bond acceptors (Lipinski definition) is 4. The number of nitrogens with zero attached hydrogens (tertiary/aromatic N) is 2. The van der Waals surface area contributed by atoms with Crippen LogP contribution in [0.1, 0.15) is 28.9 Å². The van der Waals surface area contributed by atoms with Crippen LogP contribution in [-0.4, -0.2) is 34.4 Å². The highest BCUT2D eigenvalue weighted by atomic mass is 35.5. The van der Waals surface area contributed by atoms with Crippen molar-refractivity contribution in [1.29, 1.82) is 0 Å². The van der Waals surface area contributed by atoms with Crippen molar-refractivity contribution in [2.45, 2.75) is 29.5 Å². The Morgan fingerprint density at radius 1 is 1.21 bits per heavy atom. The minimum absolute atomic E-state index is 0. The lowest BCUT2D eigenvalue weighted by Crippen LogP contribution is -2.37. The van der Waals surface area contributed by atoms with Gasteiger partial charge in [-0.1, -0.05) is 18.2 Å². The Morgan fingerprint density at radius 3 is 2.82 bits per heavy atom. The Morgan fingerprint density at radius 2 is 2.04 bits per heavy atom. The summed E-state index contributed by atoms with van der Waals surface area (Å²) in [4.78, 5) is 18.2. The van der Waals surface area contributed by atoms with Gasteiger partial charge in [-0.3, -0.25) is 4.79 Å². The lowest BCUT2D eigenvalue weighted by molar-refractivity contribution is 0.0947. The lowest BCUT2D eigenvalue weighted by Gasteiger charge is -2.13. The van der Waals surface area contributed by atoms with Crippen molar-refractivity contribution in [1.82, 2.24) is 20.0 Å². The molecule has 8 heteroatoms. The van der Waals surface area contributed by atoms with Crippen LogP contribution in [0.25, 0.3) is 5.65 Å². The number of imidazole rings is 1. The Hall–Kier alpha value is -1.73. The van der Waals surface area contributed by atoms with Crippen LogP contribution in [0.4, 0.5) is 0 Å². The van der Waals surface area contributed by atoms with Crippen LogP contribution in [0.2, 0.25) is 0 Å². The Bertz CT molecular complexity index is 879. The SMILES string of the molecule is Cl.Cl.O=C(NCC1CCCN1)c1ccccc1SCc1cn2ccccc2n1. The number of benzene rings is 1.